The molecule has 2 N–H and O–H groups in total. The van der Waals surface area contributed by atoms with Gasteiger partial charge in [-0.1, -0.05) is 19.8 Å². The first-order chi connectivity index (χ1) is 8.50. The largest absolute Gasteiger partial charge is 0.322 e. The average molecular weight is 314 g/mol. The van der Waals surface area contributed by atoms with Crippen molar-refractivity contribution in [2.75, 3.05) is 0 Å². The van der Waals surface area contributed by atoms with Crippen molar-refractivity contribution in [1.82, 2.24) is 9.78 Å². The molecule has 1 saturated carbocycles. The molecule has 0 spiro atoms. The molecule has 3 nitrogen and oxygen atoms in total. The molecule has 102 valence electrons. The summed E-state index contributed by atoms with van der Waals surface area (Å²) in [5.74, 6) is 1.47. The Morgan fingerprint density at radius 3 is 2.50 bits per heavy atom. The minimum atomic E-state index is 0.108. The second kappa shape index (κ2) is 5.74. The van der Waals surface area contributed by atoms with Crippen molar-refractivity contribution in [3.8, 4) is 0 Å². The van der Waals surface area contributed by atoms with Crippen LogP contribution < -0.4 is 5.73 Å². The van der Waals surface area contributed by atoms with E-state index >= 15 is 0 Å². The smallest absolute Gasteiger partial charge is 0.0699 e. The second-order valence-electron chi connectivity index (χ2n) is 5.96. The summed E-state index contributed by atoms with van der Waals surface area (Å²) in [4.78, 5) is 0. The number of nitrogens with two attached hydrogens (primary N) is 1. The van der Waals surface area contributed by atoms with Crippen LogP contribution in [0, 0.1) is 11.8 Å². The molecule has 1 aromatic heterocycles. The maximum atomic E-state index is 6.51. The van der Waals surface area contributed by atoms with E-state index < -0.39 is 0 Å². The van der Waals surface area contributed by atoms with Gasteiger partial charge in [0.1, 0.15) is 0 Å². The lowest BCUT2D eigenvalue weighted by atomic mass is 9.78. The van der Waals surface area contributed by atoms with Gasteiger partial charge in [-0.15, -0.1) is 0 Å². The molecule has 1 heterocycles. The minimum Gasteiger partial charge on any atom is -0.322 e. The van der Waals surface area contributed by atoms with Crippen molar-refractivity contribution in [1.29, 1.82) is 0 Å². The normalized spacial score (nSPS) is 26.6. The summed E-state index contributed by atoms with van der Waals surface area (Å²) in [7, 11) is 0. The van der Waals surface area contributed by atoms with E-state index in [0.717, 1.165) is 10.4 Å². The molecule has 4 heteroatoms. The van der Waals surface area contributed by atoms with Gasteiger partial charge < -0.3 is 5.73 Å². The molecule has 0 aromatic carbocycles. The third kappa shape index (κ3) is 2.80. The Morgan fingerprint density at radius 1 is 1.33 bits per heavy atom. The van der Waals surface area contributed by atoms with Crippen LogP contribution >= 0.6 is 15.9 Å². The Labute approximate surface area is 118 Å². The highest BCUT2D eigenvalue weighted by molar-refractivity contribution is 9.10. The summed E-state index contributed by atoms with van der Waals surface area (Å²) in [5.41, 5.74) is 7.68. The molecule has 1 aliphatic carbocycles. The number of rotatable bonds is 3. The maximum absolute atomic E-state index is 6.51. The molecule has 1 fully saturated rings. The fourth-order valence-corrected chi connectivity index (χ4v) is 3.48. The van der Waals surface area contributed by atoms with Gasteiger partial charge in [-0.25, -0.2) is 0 Å². The van der Waals surface area contributed by atoms with Gasteiger partial charge in [0.05, 0.1) is 22.4 Å². The van der Waals surface area contributed by atoms with E-state index in [-0.39, 0.29) is 6.04 Å². The Balaban J connectivity index is 2.17. The van der Waals surface area contributed by atoms with E-state index in [1.807, 2.05) is 6.20 Å². The minimum absolute atomic E-state index is 0.108. The van der Waals surface area contributed by atoms with E-state index in [1.165, 1.54) is 31.4 Å². The van der Waals surface area contributed by atoms with Crippen LogP contribution in [0.25, 0.3) is 0 Å². The first-order valence-electron chi connectivity index (χ1n) is 6.99. The highest BCUT2D eigenvalue weighted by Crippen LogP contribution is 2.38. The lowest BCUT2D eigenvalue weighted by Crippen LogP contribution is -2.28. The van der Waals surface area contributed by atoms with Crippen LogP contribution in [0.1, 0.15) is 64.2 Å². The highest BCUT2D eigenvalue weighted by Gasteiger charge is 2.28. The van der Waals surface area contributed by atoms with Gasteiger partial charge >= 0.3 is 0 Å². The molecule has 2 rings (SSSR count). The summed E-state index contributed by atoms with van der Waals surface area (Å²) < 4.78 is 3.12. The second-order valence-corrected chi connectivity index (χ2v) is 6.82. The number of aromatic nitrogens is 2. The summed E-state index contributed by atoms with van der Waals surface area (Å²) in [6.07, 6.45) is 6.99. The molecule has 0 saturated heterocycles. The summed E-state index contributed by atoms with van der Waals surface area (Å²) in [6.45, 7) is 6.65. The molecule has 1 atom stereocenters. The lowest BCUT2D eigenvalue weighted by molar-refractivity contribution is 0.248. The van der Waals surface area contributed by atoms with Gasteiger partial charge in [-0.05, 0) is 54.5 Å². The van der Waals surface area contributed by atoms with E-state index in [0.29, 0.717) is 12.0 Å². The van der Waals surface area contributed by atoms with Gasteiger partial charge in [-0.2, -0.15) is 5.10 Å². The molecule has 1 aliphatic rings. The number of hydrogen-bond acceptors (Lipinski definition) is 2. The zero-order chi connectivity index (χ0) is 13.3. The molecule has 1 aromatic rings. The first kappa shape index (κ1) is 14.1. The van der Waals surface area contributed by atoms with Crippen LogP contribution in [0.3, 0.4) is 0 Å². The Morgan fingerprint density at radius 2 is 1.94 bits per heavy atom. The van der Waals surface area contributed by atoms with Gasteiger partial charge in [0, 0.05) is 6.04 Å². The van der Waals surface area contributed by atoms with Gasteiger partial charge in [0.2, 0.25) is 0 Å². The average Bonchev–Trinajstić information content (AvgIpc) is 2.71. The van der Waals surface area contributed by atoms with E-state index in [2.05, 4.69) is 46.5 Å². The Kier molecular flexibility index (Phi) is 4.49. The van der Waals surface area contributed by atoms with Crippen LogP contribution in [-0.4, -0.2) is 9.78 Å². The monoisotopic (exact) mass is 313 g/mol. The quantitative estimate of drug-likeness (QED) is 0.914. The molecule has 1 unspecified atom stereocenters. The maximum Gasteiger partial charge on any atom is 0.0699 e. The van der Waals surface area contributed by atoms with Crippen LogP contribution in [0.4, 0.5) is 0 Å². The van der Waals surface area contributed by atoms with Crippen molar-refractivity contribution in [2.45, 2.75) is 58.5 Å². The number of halogens is 1. The van der Waals surface area contributed by atoms with Crippen molar-refractivity contribution in [2.24, 2.45) is 17.6 Å². The molecule has 0 radical (unpaired) electrons. The standard InChI is InChI=1S/C14H24BrN3/c1-9(2)18-14(12(15)8-17-18)13(16)11-6-4-10(3)5-7-11/h8-11,13H,4-7,16H2,1-3H3. The molecule has 0 bridgehead atoms. The predicted octanol–water partition coefficient (Wildman–Crippen LogP) is 4.05. The van der Waals surface area contributed by atoms with Crippen LogP contribution in [0.2, 0.25) is 0 Å². The summed E-state index contributed by atoms with van der Waals surface area (Å²) >= 11 is 3.60. The van der Waals surface area contributed by atoms with E-state index in [1.54, 1.807) is 0 Å². The molecule has 0 aliphatic heterocycles. The molecular formula is C14H24BrN3. The van der Waals surface area contributed by atoms with E-state index in [4.69, 9.17) is 5.73 Å². The number of hydrogen-bond donors (Lipinski definition) is 1. The topological polar surface area (TPSA) is 43.8 Å². The lowest BCUT2D eigenvalue weighted by Gasteiger charge is -2.31. The van der Waals surface area contributed by atoms with Gasteiger partial charge in [0.25, 0.3) is 0 Å². The Hall–Kier alpha value is -0.350. The van der Waals surface area contributed by atoms with Gasteiger partial charge in [-0.3, -0.25) is 4.68 Å². The van der Waals surface area contributed by atoms with Crippen LogP contribution in [0.5, 0.6) is 0 Å². The molecule has 18 heavy (non-hydrogen) atoms. The van der Waals surface area contributed by atoms with E-state index in [9.17, 15) is 0 Å². The first-order valence-corrected chi connectivity index (χ1v) is 7.78. The van der Waals surface area contributed by atoms with Crippen molar-refractivity contribution in [3.05, 3.63) is 16.4 Å². The zero-order valence-electron chi connectivity index (χ0n) is 11.6. The number of nitrogens with zero attached hydrogens (tertiary/aromatic N) is 2. The van der Waals surface area contributed by atoms with Crippen molar-refractivity contribution < 1.29 is 0 Å². The SMILES string of the molecule is CC1CCC(C(N)c2c(Br)cnn2C(C)C)CC1. The molecular weight excluding hydrogens is 290 g/mol. The third-order valence-electron chi connectivity index (χ3n) is 4.16. The summed E-state index contributed by atoms with van der Waals surface area (Å²) in [5, 5.41) is 4.44. The van der Waals surface area contributed by atoms with Crippen LogP contribution in [0.15, 0.2) is 10.7 Å². The van der Waals surface area contributed by atoms with Crippen LogP contribution in [-0.2, 0) is 0 Å². The fourth-order valence-electron chi connectivity index (χ4n) is 2.94. The fraction of sp³-hybridized carbons (Fsp3) is 0.786. The zero-order valence-corrected chi connectivity index (χ0v) is 13.2. The highest BCUT2D eigenvalue weighted by atomic mass is 79.9. The Bertz CT molecular complexity index is 392. The third-order valence-corrected chi connectivity index (χ3v) is 4.77. The summed E-state index contributed by atoms with van der Waals surface area (Å²) in [6, 6.07) is 0.469. The molecule has 0 amide bonds. The van der Waals surface area contributed by atoms with Gasteiger partial charge in [0.15, 0.2) is 0 Å². The predicted molar refractivity (Wildman–Crippen MR) is 78.4 cm³/mol. The van der Waals surface area contributed by atoms with Crippen molar-refractivity contribution >= 4 is 15.9 Å². The van der Waals surface area contributed by atoms with Crippen molar-refractivity contribution in [3.63, 3.8) is 0 Å².